The molecule has 3 aromatic rings. The molecule has 7 heteroatoms. The predicted octanol–water partition coefficient (Wildman–Crippen LogP) is 5.39. The lowest BCUT2D eigenvalue weighted by atomic mass is 10.0. The van der Waals surface area contributed by atoms with Crippen LogP contribution >= 0.6 is 0 Å². The topological polar surface area (TPSA) is 75.7 Å². The van der Waals surface area contributed by atoms with E-state index >= 15 is 0 Å². The van der Waals surface area contributed by atoms with Crippen molar-refractivity contribution in [3.63, 3.8) is 0 Å². The summed E-state index contributed by atoms with van der Waals surface area (Å²) in [6, 6.07) is 17.8. The molecule has 0 bridgehead atoms. The van der Waals surface area contributed by atoms with E-state index in [1.807, 2.05) is 65.0 Å². The van der Waals surface area contributed by atoms with Gasteiger partial charge in [0.1, 0.15) is 12.3 Å². The Balaban J connectivity index is 1.95. The first kappa shape index (κ1) is 26.3. The Morgan fingerprint density at radius 3 is 2.17 bits per heavy atom. The molecular formula is C28H34N2O4S. The molecule has 3 rings (SSSR count). The van der Waals surface area contributed by atoms with Gasteiger partial charge in [-0.2, -0.15) is 0 Å². The molecule has 0 aliphatic heterocycles. The lowest BCUT2D eigenvalue weighted by Crippen LogP contribution is -2.42. The minimum atomic E-state index is -3.97. The Labute approximate surface area is 209 Å². The molecule has 0 aromatic heterocycles. The van der Waals surface area contributed by atoms with Gasteiger partial charge in [0.25, 0.3) is 10.0 Å². The zero-order valence-electron chi connectivity index (χ0n) is 21.3. The first-order chi connectivity index (χ1) is 16.6. The zero-order valence-corrected chi connectivity index (χ0v) is 22.1. The fraction of sp³-hybridized carbons (Fsp3) is 0.321. The van der Waals surface area contributed by atoms with Crippen molar-refractivity contribution in [2.24, 2.45) is 0 Å². The number of hydrogen-bond acceptors (Lipinski definition) is 4. The van der Waals surface area contributed by atoms with Crippen molar-refractivity contribution >= 4 is 21.6 Å². The van der Waals surface area contributed by atoms with Crippen molar-refractivity contribution in [1.29, 1.82) is 0 Å². The van der Waals surface area contributed by atoms with E-state index in [-0.39, 0.29) is 23.4 Å². The van der Waals surface area contributed by atoms with Crippen LogP contribution in [0.25, 0.3) is 0 Å². The maximum absolute atomic E-state index is 13.7. The number of rotatable bonds is 9. The van der Waals surface area contributed by atoms with Crippen LogP contribution in [0.4, 0.5) is 5.69 Å². The summed E-state index contributed by atoms with van der Waals surface area (Å²) in [6.07, 6.45) is 0.658. The van der Waals surface area contributed by atoms with Crippen LogP contribution in [0, 0.1) is 27.7 Å². The van der Waals surface area contributed by atoms with Gasteiger partial charge in [0.2, 0.25) is 5.91 Å². The maximum Gasteiger partial charge on any atom is 0.264 e. The fourth-order valence-electron chi connectivity index (χ4n) is 4.04. The number of methoxy groups -OCH3 is 1. The smallest absolute Gasteiger partial charge is 0.264 e. The number of carbonyl (C=O) groups excluding carboxylic acids is 1. The molecule has 0 aliphatic carbocycles. The summed E-state index contributed by atoms with van der Waals surface area (Å²) in [5, 5.41) is 3.03. The van der Waals surface area contributed by atoms with E-state index in [9.17, 15) is 13.2 Å². The molecule has 35 heavy (non-hydrogen) atoms. The highest BCUT2D eigenvalue weighted by atomic mass is 32.2. The number of anilines is 1. The average Bonchev–Trinajstić information content (AvgIpc) is 2.82. The second-order valence-corrected chi connectivity index (χ2v) is 10.7. The van der Waals surface area contributed by atoms with Gasteiger partial charge in [0, 0.05) is 0 Å². The third kappa shape index (κ3) is 6.03. The van der Waals surface area contributed by atoms with Gasteiger partial charge in [0.05, 0.1) is 23.7 Å². The number of benzene rings is 3. The van der Waals surface area contributed by atoms with Crippen molar-refractivity contribution in [2.45, 2.75) is 52.0 Å². The van der Waals surface area contributed by atoms with Crippen molar-refractivity contribution in [1.82, 2.24) is 5.32 Å². The molecule has 6 nitrogen and oxygen atoms in total. The Morgan fingerprint density at radius 2 is 1.57 bits per heavy atom. The van der Waals surface area contributed by atoms with Gasteiger partial charge in [-0.25, -0.2) is 8.42 Å². The van der Waals surface area contributed by atoms with Crippen LogP contribution < -0.4 is 14.4 Å². The van der Waals surface area contributed by atoms with Crippen LogP contribution in [0.2, 0.25) is 0 Å². The summed E-state index contributed by atoms with van der Waals surface area (Å²) in [4.78, 5) is 13.4. The fourth-order valence-corrected chi connectivity index (χ4v) is 5.51. The highest BCUT2D eigenvalue weighted by Gasteiger charge is 2.29. The molecule has 0 heterocycles. The minimum Gasteiger partial charge on any atom is -0.496 e. The standard InChI is InChI=1S/C28H34N2O4S/c1-7-25(23-12-15-27(34-6)22(5)17-23)29-28(31)18-30(26-16-20(3)8-11-21(26)4)35(32,33)24-13-9-19(2)10-14-24/h8-17,25H,7,18H2,1-6H3,(H,29,31)/t25-/m1/s1. The largest absolute Gasteiger partial charge is 0.496 e. The molecule has 0 radical (unpaired) electrons. The van der Waals surface area contributed by atoms with Crippen LogP contribution in [-0.2, 0) is 14.8 Å². The molecule has 186 valence electrons. The van der Waals surface area contributed by atoms with E-state index < -0.39 is 10.0 Å². The summed E-state index contributed by atoms with van der Waals surface area (Å²) in [6.45, 7) is 9.26. The highest BCUT2D eigenvalue weighted by molar-refractivity contribution is 7.92. The second kappa shape index (κ2) is 11.0. The Morgan fingerprint density at radius 1 is 0.914 bits per heavy atom. The molecule has 0 saturated carbocycles. The molecule has 0 unspecified atom stereocenters. The number of nitrogens with zero attached hydrogens (tertiary/aromatic N) is 1. The SMILES string of the molecule is CC[C@@H](NC(=O)CN(c1cc(C)ccc1C)S(=O)(=O)c1ccc(C)cc1)c1ccc(OC)c(C)c1. The number of carbonyl (C=O) groups is 1. The van der Waals surface area contributed by atoms with Gasteiger partial charge in [-0.15, -0.1) is 0 Å². The summed E-state index contributed by atoms with van der Waals surface area (Å²) < 4.78 is 34.0. The second-order valence-electron chi connectivity index (χ2n) is 8.87. The molecule has 0 saturated heterocycles. The van der Waals surface area contributed by atoms with Crippen molar-refractivity contribution in [3.05, 3.63) is 88.5 Å². The third-order valence-electron chi connectivity index (χ3n) is 6.09. The van der Waals surface area contributed by atoms with Crippen LogP contribution in [0.15, 0.2) is 65.6 Å². The van der Waals surface area contributed by atoms with Crippen molar-refractivity contribution < 1.29 is 17.9 Å². The van der Waals surface area contributed by atoms with Gasteiger partial charge in [-0.3, -0.25) is 9.10 Å². The number of hydrogen-bond donors (Lipinski definition) is 1. The number of sulfonamides is 1. The first-order valence-corrected chi connectivity index (χ1v) is 13.1. The van der Waals surface area contributed by atoms with Crippen LogP contribution in [0.1, 0.15) is 47.2 Å². The lowest BCUT2D eigenvalue weighted by Gasteiger charge is -2.27. The van der Waals surface area contributed by atoms with Gasteiger partial charge >= 0.3 is 0 Å². The molecule has 1 atom stereocenters. The summed E-state index contributed by atoms with van der Waals surface area (Å²) in [5.74, 6) is 0.405. The van der Waals surface area contributed by atoms with Gasteiger partial charge in [0.15, 0.2) is 0 Å². The van der Waals surface area contributed by atoms with E-state index in [0.717, 1.165) is 33.6 Å². The van der Waals surface area contributed by atoms with Crippen molar-refractivity contribution in [2.75, 3.05) is 18.0 Å². The number of ether oxygens (including phenoxy) is 1. The first-order valence-electron chi connectivity index (χ1n) is 11.7. The van der Waals surface area contributed by atoms with E-state index in [0.29, 0.717) is 12.1 Å². The summed E-state index contributed by atoms with van der Waals surface area (Å²) >= 11 is 0. The Kier molecular flexibility index (Phi) is 8.22. The van der Waals surface area contributed by atoms with Gasteiger partial charge in [-0.1, -0.05) is 48.9 Å². The van der Waals surface area contributed by atoms with E-state index in [2.05, 4.69) is 5.32 Å². The number of nitrogens with one attached hydrogen (secondary N) is 1. The zero-order chi connectivity index (χ0) is 25.8. The third-order valence-corrected chi connectivity index (χ3v) is 7.87. The molecule has 0 aliphatic rings. The normalized spacial score (nSPS) is 12.2. The van der Waals surface area contributed by atoms with E-state index in [1.165, 1.54) is 4.31 Å². The van der Waals surface area contributed by atoms with Crippen LogP contribution in [-0.4, -0.2) is 28.0 Å². The Bertz CT molecular complexity index is 1300. The molecular weight excluding hydrogens is 460 g/mol. The van der Waals surface area contributed by atoms with Crippen LogP contribution in [0.3, 0.4) is 0 Å². The molecule has 3 aromatic carbocycles. The van der Waals surface area contributed by atoms with Crippen LogP contribution in [0.5, 0.6) is 5.75 Å². The van der Waals surface area contributed by atoms with Gasteiger partial charge < -0.3 is 10.1 Å². The minimum absolute atomic E-state index is 0.148. The predicted molar refractivity (Wildman–Crippen MR) is 141 cm³/mol. The monoisotopic (exact) mass is 494 g/mol. The molecule has 1 amide bonds. The van der Waals surface area contributed by atoms with Gasteiger partial charge in [-0.05, 0) is 80.6 Å². The Hall–Kier alpha value is -3.32. The summed E-state index contributed by atoms with van der Waals surface area (Å²) in [7, 11) is -2.35. The quantitative estimate of drug-likeness (QED) is 0.433. The van der Waals surface area contributed by atoms with E-state index in [1.54, 1.807) is 37.4 Å². The van der Waals surface area contributed by atoms with E-state index in [4.69, 9.17) is 4.74 Å². The maximum atomic E-state index is 13.7. The molecule has 0 spiro atoms. The number of aryl methyl sites for hydroxylation is 4. The highest BCUT2D eigenvalue weighted by Crippen LogP contribution is 2.29. The summed E-state index contributed by atoms with van der Waals surface area (Å²) in [5.41, 5.74) is 5.05. The average molecular weight is 495 g/mol. The molecule has 0 fully saturated rings. The molecule has 1 N–H and O–H groups in total. The lowest BCUT2D eigenvalue weighted by molar-refractivity contribution is -0.120. The number of amides is 1. The van der Waals surface area contributed by atoms with Crippen molar-refractivity contribution in [3.8, 4) is 5.75 Å².